The monoisotopic (exact) mass is 434 g/mol. The molecule has 0 spiro atoms. The van der Waals surface area contributed by atoms with Crippen LogP contribution in [0.5, 0.6) is 0 Å². The predicted octanol–water partition coefficient (Wildman–Crippen LogP) is -0.483. The van der Waals surface area contributed by atoms with Crippen LogP contribution in [0.2, 0.25) is 0 Å². The molecule has 0 fully saturated rings. The minimum Gasteiger partial charge on any atom is -0.480 e. The van der Waals surface area contributed by atoms with Crippen molar-refractivity contribution >= 4 is 11.9 Å². The van der Waals surface area contributed by atoms with Gasteiger partial charge in [0.15, 0.2) is 0 Å². The molecule has 157 valence electrons. The van der Waals surface area contributed by atoms with Crippen LogP contribution in [0.1, 0.15) is 17.8 Å². The third-order valence-electron chi connectivity index (χ3n) is 4.50. The van der Waals surface area contributed by atoms with Gasteiger partial charge >= 0.3 is 11.9 Å². The molecule has 1 aliphatic heterocycles. The molecule has 0 amide bonds. The van der Waals surface area contributed by atoms with E-state index < -0.39 is 11.9 Å². The van der Waals surface area contributed by atoms with Gasteiger partial charge in [-0.25, -0.2) is 0 Å². The second kappa shape index (κ2) is 12.8. The summed E-state index contributed by atoms with van der Waals surface area (Å²) in [5.41, 5.74) is 7.21. The Bertz CT molecular complexity index is 588. The minimum atomic E-state index is -0.862. The Morgan fingerprint density at radius 3 is 1.82 bits per heavy atom. The second-order valence-electron chi connectivity index (χ2n) is 6.81. The number of aliphatic carboxylic acids is 2. The SMILES string of the molecule is NCCCN1CCN(CC(=O)O)Cc2cccc(n2)CN(CC(=O)O)CC1.[Mn]. The summed E-state index contributed by atoms with van der Waals surface area (Å²) in [5.74, 6) is -1.72. The molecule has 1 radical (unpaired) electrons. The molecule has 2 heterocycles. The van der Waals surface area contributed by atoms with Gasteiger partial charge in [0.2, 0.25) is 0 Å². The van der Waals surface area contributed by atoms with E-state index in [0.717, 1.165) is 24.4 Å². The largest absolute Gasteiger partial charge is 0.480 e. The Morgan fingerprint density at radius 2 is 1.39 bits per heavy atom. The van der Waals surface area contributed by atoms with Crippen LogP contribution in [-0.4, -0.2) is 94.2 Å². The van der Waals surface area contributed by atoms with E-state index in [0.29, 0.717) is 45.8 Å². The van der Waals surface area contributed by atoms with E-state index in [2.05, 4.69) is 9.88 Å². The normalized spacial score (nSPS) is 17.2. The summed E-state index contributed by atoms with van der Waals surface area (Å²) >= 11 is 0. The number of nitrogens with zero attached hydrogens (tertiary/aromatic N) is 4. The Labute approximate surface area is 176 Å². The molecular weight excluding hydrogens is 405 g/mol. The van der Waals surface area contributed by atoms with Crippen LogP contribution in [0.3, 0.4) is 0 Å². The van der Waals surface area contributed by atoms with E-state index in [1.807, 2.05) is 28.0 Å². The van der Waals surface area contributed by atoms with E-state index >= 15 is 0 Å². The van der Waals surface area contributed by atoms with Gasteiger partial charge in [-0.3, -0.25) is 24.4 Å². The summed E-state index contributed by atoms with van der Waals surface area (Å²) < 4.78 is 0. The number of aromatic nitrogens is 1. The zero-order valence-corrected chi connectivity index (χ0v) is 17.1. The van der Waals surface area contributed by atoms with E-state index in [1.165, 1.54) is 0 Å². The molecule has 0 saturated carbocycles. The number of carboxylic acids is 2. The molecule has 4 N–H and O–H groups in total. The van der Waals surface area contributed by atoms with E-state index in [9.17, 15) is 19.8 Å². The molecule has 1 aromatic rings. The Hall–Kier alpha value is -1.55. The van der Waals surface area contributed by atoms with Crippen molar-refractivity contribution in [2.75, 3.05) is 52.4 Å². The topological polar surface area (TPSA) is 123 Å². The molecule has 0 aliphatic carbocycles. The third-order valence-corrected chi connectivity index (χ3v) is 4.50. The van der Waals surface area contributed by atoms with Gasteiger partial charge in [-0.15, -0.1) is 0 Å². The van der Waals surface area contributed by atoms with Gasteiger partial charge in [0.1, 0.15) is 0 Å². The zero-order valence-electron chi connectivity index (χ0n) is 16.0. The van der Waals surface area contributed by atoms with Gasteiger partial charge < -0.3 is 20.8 Å². The molecular formula is C18H29MnN5O4. The van der Waals surface area contributed by atoms with Crippen molar-refractivity contribution in [1.29, 1.82) is 0 Å². The van der Waals surface area contributed by atoms with Crippen LogP contribution < -0.4 is 5.73 Å². The van der Waals surface area contributed by atoms with Gasteiger partial charge in [-0.1, -0.05) is 6.07 Å². The molecule has 0 aromatic carbocycles. The number of fused-ring (bicyclic) bond motifs is 2. The number of hydrogen-bond acceptors (Lipinski definition) is 7. The molecule has 2 bridgehead atoms. The molecule has 0 unspecified atom stereocenters. The summed E-state index contributed by atoms with van der Waals surface area (Å²) in [5, 5.41) is 18.4. The van der Waals surface area contributed by atoms with Crippen LogP contribution in [0.15, 0.2) is 18.2 Å². The van der Waals surface area contributed by atoms with Crippen LogP contribution in [-0.2, 0) is 39.7 Å². The number of carboxylic acid groups (broad SMARTS) is 2. The van der Waals surface area contributed by atoms with Gasteiger partial charge in [-0.05, 0) is 31.6 Å². The number of nitrogens with two attached hydrogens (primary N) is 1. The molecule has 10 heteroatoms. The van der Waals surface area contributed by atoms with E-state index in [4.69, 9.17) is 5.73 Å². The molecule has 1 aliphatic rings. The first-order chi connectivity index (χ1) is 13.0. The molecule has 9 nitrogen and oxygen atoms in total. The van der Waals surface area contributed by atoms with Gasteiger partial charge in [0, 0.05) is 56.3 Å². The average molecular weight is 434 g/mol. The fourth-order valence-electron chi connectivity index (χ4n) is 3.19. The Kier molecular flexibility index (Phi) is 11.2. The maximum Gasteiger partial charge on any atom is 0.317 e. The Morgan fingerprint density at radius 1 is 0.929 bits per heavy atom. The maximum atomic E-state index is 11.2. The van der Waals surface area contributed by atoms with Crippen molar-refractivity contribution in [3.8, 4) is 0 Å². The number of carbonyl (C=O) groups is 2. The number of pyridine rings is 1. The molecule has 0 saturated heterocycles. The van der Waals surface area contributed by atoms with Crippen LogP contribution in [0, 0.1) is 0 Å². The van der Waals surface area contributed by atoms with Crippen LogP contribution in [0.4, 0.5) is 0 Å². The summed E-state index contributed by atoms with van der Waals surface area (Å²) in [7, 11) is 0. The van der Waals surface area contributed by atoms with Crippen molar-refractivity contribution in [2.45, 2.75) is 19.5 Å². The standard InChI is InChI=1S/C18H29N5O4.Mn/c19-5-2-6-21-7-9-22(13-17(24)25)11-15-3-1-4-16(20-15)12-23(10-8-21)14-18(26)27;/h1,3-4H,2,5-14,19H2,(H,24,25)(H,26,27);. The molecule has 28 heavy (non-hydrogen) atoms. The quantitative estimate of drug-likeness (QED) is 0.488. The summed E-state index contributed by atoms with van der Waals surface area (Å²) in [6.45, 7) is 4.81. The first kappa shape index (κ1) is 24.5. The van der Waals surface area contributed by atoms with Crippen molar-refractivity contribution in [1.82, 2.24) is 19.7 Å². The summed E-state index contributed by atoms with van der Waals surface area (Å²) in [6, 6.07) is 5.63. The summed E-state index contributed by atoms with van der Waals surface area (Å²) in [6.07, 6.45) is 0.846. The summed E-state index contributed by atoms with van der Waals surface area (Å²) in [4.78, 5) is 33.0. The molecule has 1 aromatic heterocycles. The van der Waals surface area contributed by atoms with Crippen molar-refractivity contribution in [3.63, 3.8) is 0 Å². The van der Waals surface area contributed by atoms with E-state index in [-0.39, 0.29) is 30.2 Å². The average Bonchev–Trinajstić information content (AvgIpc) is 2.59. The smallest absolute Gasteiger partial charge is 0.317 e. The van der Waals surface area contributed by atoms with Crippen molar-refractivity contribution in [3.05, 3.63) is 29.6 Å². The zero-order chi connectivity index (χ0) is 19.6. The fraction of sp³-hybridized carbons (Fsp3) is 0.611. The third kappa shape index (κ3) is 9.09. The van der Waals surface area contributed by atoms with E-state index in [1.54, 1.807) is 0 Å². The minimum absolute atomic E-state index is 0. The number of rotatable bonds is 7. The van der Waals surface area contributed by atoms with Crippen molar-refractivity contribution in [2.24, 2.45) is 5.73 Å². The van der Waals surface area contributed by atoms with Gasteiger partial charge in [-0.2, -0.15) is 0 Å². The van der Waals surface area contributed by atoms with Crippen molar-refractivity contribution < 1.29 is 36.9 Å². The number of hydrogen-bond donors (Lipinski definition) is 3. The predicted molar refractivity (Wildman–Crippen MR) is 100 cm³/mol. The molecule has 2 rings (SSSR count). The Balaban J connectivity index is 0.00000392. The van der Waals surface area contributed by atoms with Gasteiger partial charge in [0.25, 0.3) is 0 Å². The van der Waals surface area contributed by atoms with Crippen LogP contribution in [0.25, 0.3) is 0 Å². The second-order valence-corrected chi connectivity index (χ2v) is 6.81. The van der Waals surface area contributed by atoms with Crippen LogP contribution >= 0.6 is 0 Å². The maximum absolute atomic E-state index is 11.2. The first-order valence-corrected chi connectivity index (χ1v) is 9.22. The van der Waals surface area contributed by atoms with Gasteiger partial charge in [0.05, 0.1) is 24.5 Å². The fourth-order valence-corrected chi connectivity index (χ4v) is 3.19. The molecule has 0 atom stereocenters. The first-order valence-electron chi connectivity index (χ1n) is 9.22.